The number of likely N-dealkylation sites (N-methyl/N-ethyl adjacent to an activating group) is 1. The van der Waals surface area contributed by atoms with Gasteiger partial charge in [-0.05, 0) is 26.0 Å². The first-order valence-corrected chi connectivity index (χ1v) is 7.34. The second-order valence-electron chi connectivity index (χ2n) is 6.67. The quantitative estimate of drug-likeness (QED) is 0.908. The predicted molar refractivity (Wildman–Crippen MR) is 87.1 cm³/mol. The molecule has 1 amide bonds. The van der Waals surface area contributed by atoms with Gasteiger partial charge in [-0.3, -0.25) is 9.48 Å². The first kappa shape index (κ1) is 18.0. The zero-order chi connectivity index (χ0) is 14.9. The van der Waals surface area contributed by atoms with E-state index in [2.05, 4.69) is 31.2 Å². The number of aryl methyl sites for hydroxylation is 1. The van der Waals surface area contributed by atoms with Crippen LogP contribution in [0.4, 0.5) is 0 Å². The summed E-state index contributed by atoms with van der Waals surface area (Å²) in [6, 6.07) is 2.34. The number of amides is 1. The van der Waals surface area contributed by atoms with Crippen molar-refractivity contribution in [1.82, 2.24) is 20.0 Å². The fraction of sp³-hybridized carbons (Fsp3) is 0.733. The Morgan fingerprint density at radius 2 is 2.10 bits per heavy atom. The average Bonchev–Trinajstić information content (AvgIpc) is 2.80. The van der Waals surface area contributed by atoms with Crippen molar-refractivity contribution >= 4 is 18.3 Å². The molecule has 0 aromatic carbocycles. The fourth-order valence-corrected chi connectivity index (χ4v) is 2.59. The molecule has 1 aliphatic rings. The Kier molecular flexibility index (Phi) is 5.82. The van der Waals surface area contributed by atoms with Crippen molar-refractivity contribution < 1.29 is 4.79 Å². The number of hydrogen-bond donors (Lipinski definition) is 1. The maximum atomic E-state index is 12.7. The molecule has 1 aliphatic heterocycles. The van der Waals surface area contributed by atoms with Gasteiger partial charge in [0.15, 0.2) is 0 Å². The standard InChI is InChI=1S/C15H26N4O.ClH/c1-15(2,3)13-9-12(18(5)17-13)14(20)19-8-6-7-11(10-19)16-4;/h9,11,16H,6-8,10H2,1-5H3;1H. The second kappa shape index (κ2) is 6.79. The molecule has 5 nitrogen and oxygen atoms in total. The minimum absolute atomic E-state index is 0. The van der Waals surface area contributed by atoms with E-state index in [-0.39, 0.29) is 23.7 Å². The van der Waals surface area contributed by atoms with Gasteiger partial charge >= 0.3 is 0 Å². The van der Waals surface area contributed by atoms with Crippen LogP contribution < -0.4 is 5.32 Å². The van der Waals surface area contributed by atoms with Crippen LogP contribution in [0.15, 0.2) is 6.07 Å². The summed E-state index contributed by atoms with van der Waals surface area (Å²) in [6.07, 6.45) is 2.19. The van der Waals surface area contributed by atoms with E-state index >= 15 is 0 Å². The highest BCUT2D eigenvalue weighted by molar-refractivity contribution is 5.92. The lowest BCUT2D eigenvalue weighted by molar-refractivity contribution is 0.0687. The molecule has 1 fully saturated rings. The van der Waals surface area contributed by atoms with Gasteiger partial charge in [-0.1, -0.05) is 20.8 Å². The van der Waals surface area contributed by atoms with Crippen molar-refractivity contribution in [2.45, 2.75) is 45.1 Å². The highest BCUT2D eigenvalue weighted by Crippen LogP contribution is 2.22. The predicted octanol–water partition coefficient (Wildman–Crippen LogP) is 1.96. The fourth-order valence-electron chi connectivity index (χ4n) is 2.59. The van der Waals surface area contributed by atoms with Gasteiger partial charge in [-0.15, -0.1) is 12.4 Å². The molecule has 0 radical (unpaired) electrons. The summed E-state index contributed by atoms with van der Waals surface area (Å²) in [4.78, 5) is 14.6. The van der Waals surface area contributed by atoms with E-state index in [1.165, 1.54) is 0 Å². The van der Waals surface area contributed by atoms with Gasteiger partial charge in [0.2, 0.25) is 0 Å². The molecule has 1 unspecified atom stereocenters. The van der Waals surface area contributed by atoms with E-state index in [1.54, 1.807) is 4.68 Å². The van der Waals surface area contributed by atoms with Crippen LogP contribution in [-0.4, -0.2) is 46.8 Å². The lowest BCUT2D eigenvalue weighted by atomic mass is 9.92. The molecule has 1 aromatic heterocycles. The third kappa shape index (κ3) is 3.98. The van der Waals surface area contributed by atoms with Gasteiger partial charge < -0.3 is 10.2 Å². The van der Waals surface area contributed by atoms with Crippen LogP contribution in [0.25, 0.3) is 0 Å². The number of halogens is 1. The van der Waals surface area contributed by atoms with Crippen molar-refractivity contribution in [3.8, 4) is 0 Å². The number of hydrogen-bond acceptors (Lipinski definition) is 3. The Labute approximate surface area is 133 Å². The summed E-state index contributed by atoms with van der Waals surface area (Å²) in [5.41, 5.74) is 1.61. The number of aromatic nitrogens is 2. The molecule has 6 heteroatoms. The van der Waals surface area contributed by atoms with E-state index in [4.69, 9.17) is 0 Å². The SMILES string of the molecule is CNC1CCCN(C(=O)c2cc(C(C)(C)C)nn2C)C1.Cl. The largest absolute Gasteiger partial charge is 0.336 e. The lowest BCUT2D eigenvalue weighted by Crippen LogP contribution is -2.47. The van der Waals surface area contributed by atoms with Crippen molar-refractivity contribution in [2.75, 3.05) is 20.1 Å². The summed E-state index contributed by atoms with van der Waals surface area (Å²) < 4.78 is 1.71. The Bertz CT molecular complexity index is 492. The van der Waals surface area contributed by atoms with Crippen molar-refractivity contribution in [1.29, 1.82) is 0 Å². The number of likely N-dealkylation sites (tertiary alicyclic amines) is 1. The highest BCUT2D eigenvalue weighted by Gasteiger charge is 2.27. The number of rotatable bonds is 2. The molecule has 0 aliphatic carbocycles. The third-order valence-electron chi connectivity index (χ3n) is 3.98. The van der Waals surface area contributed by atoms with Crippen molar-refractivity contribution in [2.24, 2.45) is 7.05 Å². The van der Waals surface area contributed by atoms with Gasteiger partial charge in [0, 0.05) is 31.6 Å². The van der Waals surface area contributed by atoms with Crippen molar-refractivity contribution in [3.05, 3.63) is 17.5 Å². The number of nitrogens with one attached hydrogen (secondary N) is 1. The summed E-state index contributed by atoms with van der Waals surface area (Å²) in [7, 11) is 3.81. The molecule has 1 N–H and O–H groups in total. The topological polar surface area (TPSA) is 50.2 Å². The Hall–Kier alpha value is -1.07. The molecule has 21 heavy (non-hydrogen) atoms. The van der Waals surface area contributed by atoms with Gasteiger partial charge in [0.25, 0.3) is 5.91 Å². The zero-order valence-corrected chi connectivity index (χ0v) is 14.5. The average molecular weight is 315 g/mol. The smallest absolute Gasteiger partial charge is 0.272 e. The number of nitrogens with zero attached hydrogens (tertiary/aromatic N) is 3. The highest BCUT2D eigenvalue weighted by atomic mass is 35.5. The van der Waals surface area contributed by atoms with Crippen LogP contribution in [0, 0.1) is 0 Å². The maximum Gasteiger partial charge on any atom is 0.272 e. The summed E-state index contributed by atoms with van der Waals surface area (Å²) in [5, 5.41) is 7.76. The number of piperidine rings is 1. The maximum absolute atomic E-state index is 12.7. The Morgan fingerprint density at radius 1 is 1.43 bits per heavy atom. The monoisotopic (exact) mass is 314 g/mol. The van der Waals surface area contributed by atoms with Crippen LogP contribution in [0.3, 0.4) is 0 Å². The third-order valence-corrected chi connectivity index (χ3v) is 3.98. The first-order chi connectivity index (χ1) is 9.32. The van der Waals surface area contributed by atoms with Crippen LogP contribution in [0.1, 0.15) is 49.8 Å². The minimum Gasteiger partial charge on any atom is -0.336 e. The molecule has 0 spiro atoms. The van der Waals surface area contributed by atoms with Crippen LogP contribution in [-0.2, 0) is 12.5 Å². The Balaban J connectivity index is 0.00000220. The van der Waals surface area contributed by atoms with E-state index in [1.807, 2.05) is 25.1 Å². The minimum atomic E-state index is -0.0360. The molecular weight excluding hydrogens is 288 g/mol. The molecular formula is C15H27ClN4O. The lowest BCUT2D eigenvalue weighted by Gasteiger charge is -2.32. The Morgan fingerprint density at radius 3 is 2.62 bits per heavy atom. The molecule has 0 saturated carbocycles. The van der Waals surface area contributed by atoms with E-state index in [0.29, 0.717) is 11.7 Å². The molecule has 1 aromatic rings. The first-order valence-electron chi connectivity index (χ1n) is 7.34. The van der Waals surface area contributed by atoms with E-state index in [0.717, 1.165) is 31.6 Å². The van der Waals surface area contributed by atoms with Gasteiger partial charge in [-0.2, -0.15) is 5.10 Å². The van der Waals surface area contributed by atoms with Gasteiger partial charge in [0.05, 0.1) is 5.69 Å². The molecule has 2 rings (SSSR count). The summed E-state index contributed by atoms with van der Waals surface area (Å²) >= 11 is 0. The summed E-state index contributed by atoms with van der Waals surface area (Å²) in [6.45, 7) is 7.96. The normalized spacial score (nSPS) is 19.3. The molecule has 0 bridgehead atoms. The molecule has 2 heterocycles. The van der Waals surface area contributed by atoms with Crippen LogP contribution in [0.2, 0.25) is 0 Å². The summed E-state index contributed by atoms with van der Waals surface area (Å²) in [5.74, 6) is 0.0930. The van der Waals surface area contributed by atoms with Gasteiger partial charge in [-0.25, -0.2) is 0 Å². The molecule has 120 valence electrons. The molecule has 1 atom stereocenters. The van der Waals surface area contributed by atoms with Crippen LogP contribution >= 0.6 is 12.4 Å². The van der Waals surface area contributed by atoms with E-state index in [9.17, 15) is 4.79 Å². The van der Waals surface area contributed by atoms with E-state index < -0.39 is 0 Å². The van der Waals surface area contributed by atoms with Crippen molar-refractivity contribution in [3.63, 3.8) is 0 Å². The molecule has 1 saturated heterocycles. The zero-order valence-electron chi connectivity index (χ0n) is 13.6. The second-order valence-corrected chi connectivity index (χ2v) is 6.67. The number of carbonyl (C=O) groups excluding carboxylic acids is 1. The number of carbonyl (C=O) groups is 1. The van der Waals surface area contributed by atoms with Gasteiger partial charge in [0.1, 0.15) is 5.69 Å². The van der Waals surface area contributed by atoms with Crippen LogP contribution in [0.5, 0.6) is 0 Å².